The highest BCUT2D eigenvalue weighted by atomic mass is 32.1. The van der Waals surface area contributed by atoms with Crippen molar-refractivity contribution in [2.24, 2.45) is 4.99 Å². The minimum Gasteiger partial charge on any atom is -0.352 e. The smallest absolute Gasteiger partial charge is 0.193 e. The zero-order chi connectivity index (χ0) is 15.1. The third-order valence-corrected chi connectivity index (χ3v) is 4.15. The van der Waals surface area contributed by atoms with E-state index in [1.165, 1.54) is 17.0 Å². The summed E-state index contributed by atoms with van der Waals surface area (Å²) in [4.78, 5) is 7.75. The summed E-state index contributed by atoms with van der Waals surface area (Å²) in [7, 11) is 3.79. The number of thiophene rings is 1. The summed E-state index contributed by atoms with van der Waals surface area (Å²) in [5.74, 6) is 0.632. The Kier molecular flexibility index (Phi) is 5.75. The fraction of sp³-hybridized carbons (Fsp3) is 0.312. The molecule has 0 unspecified atom stereocenters. The van der Waals surface area contributed by atoms with Gasteiger partial charge >= 0.3 is 0 Å². The van der Waals surface area contributed by atoms with Gasteiger partial charge in [0.05, 0.1) is 0 Å². The van der Waals surface area contributed by atoms with Crippen LogP contribution in [-0.2, 0) is 13.0 Å². The molecule has 0 fully saturated rings. The SMILES string of the molecule is CN=C(NCc1ccc(F)cc1)N(C)CCc1cccs1. The summed E-state index contributed by atoms with van der Waals surface area (Å²) in [5.41, 5.74) is 1.03. The number of hydrogen-bond donors (Lipinski definition) is 1. The lowest BCUT2D eigenvalue weighted by Crippen LogP contribution is -2.39. The van der Waals surface area contributed by atoms with Crippen LogP contribution in [0.5, 0.6) is 0 Å². The van der Waals surface area contributed by atoms with Crippen molar-refractivity contribution in [3.8, 4) is 0 Å². The Balaban J connectivity index is 1.83. The topological polar surface area (TPSA) is 27.6 Å². The number of aliphatic imine (C=N–C) groups is 1. The maximum atomic E-state index is 12.9. The van der Waals surface area contributed by atoms with Crippen LogP contribution in [0.25, 0.3) is 0 Å². The number of rotatable bonds is 5. The van der Waals surface area contributed by atoms with Crippen LogP contribution in [0, 0.1) is 5.82 Å². The monoisotopic (exact) mass is 305 g/mol. The van der Waals surface area contributed by atoms with Gasteiger partial charge in [0.1, 0.15) is 5.82 Å². The molecule has 3 nitrogen and oxygen atoms in total. The van der Waals surface area contributed by atoms with Crippen molar-refractivity contribution in [1.29, 1.82) is 0 Å². The Morgan fingerprint density at radius 1 is 1.29 bits per heavy atom. The van der Waals surface area contributed by atoms with E-state index in [4.69, 9.17) is 0 Å². The van der Waals surface area contributed by atoms with Crippen molar-refractivity contribution in [3.63, 3.8) is 0 Å². The second-order valence-corrected chi connectivity index (χ2v) is 5.81. The second kappa shape index (κ2) is 7.78. The Labute approximate surface area is 129 Å². The summed E-state index contributed by atoms with van der Waals surface area (Å²) >= 11 is 1.77. The molecule has 0 atom stereocenters. The van der Waals surface area contributed by atoms with Gasteiger partial charge in [-0.3, -0.25) is 4.99 Å². The number of halogens is 1. The average Bonchev–Trinajstić information content (AvgIpc) is 3.01. The number of nitrogens with zero attached hydrogens (tertiary/aromatic N) is 2. The highest BCUT2D eigenvalue weighted by Gasteiger charge is 2.06. The first-order valence-corrected chi connectivity index (χ1v) is 7.75. The van der Waals surface area contributed by atoms with Crippen LogP contribution >= 0.6 is 11.3 Å². The predicted molar refractivity (Wildman–Crippen MR) is 87.3 cm³/mol. The molecule has 0 aliphatic rings. The Hall–Kier alpha value is -1.88. The van der Waals surface area contributed by atoms with Gasteiger partial charge in [0, 0.05) is 32.1 Å². The van der Waals surface area contributed by atoms with Gasteiger partial charge in [0.25, 0.3) is 0 Å². The number of benzene rings is 1. The average molecular weight is 305 g/mol. The van der Waals surface area contributed by atoms with Crippen LogP contribution in [0.1, 0.15) is 10.4 Å². The van der Waals surface area contributed by atoms with Crippen molar-refractivity contribution in [1.82, 2.24) is 10.2 Å². The first kappa shape index (κ1) is 15.5. The summed E-state index contributed by atoms with van der Waals surface area (Å²) in [5, 5.41) is 5.39. The van der Waals surface area contributed by atoms with Gasteiger partial charge in [-0.05, 0) is 35.6 Å². The van der Waals surface area contributed by atoms with Crippen molar-refractivity contribution in [3.05, 3.63) is 58.0 Å². The molecule has 1 N–H and O–H groups in total. The summed E-state index contributed by atoms with van der Waals surface area (Å²) in [6.45, 7) is 1.54. The first-order chi connectivity index (χ1) is 10.2. The van der Waals surface area contributed by atoms with Crippen molar-refractivity contribution in [2.45, 2.75) is 13.0 Å². The van der Waals surface area contributed by atoms with E-state index in [9.17, 15) is 4.39 Å². The molecule has 1 aromatic carbocycles. The van der Waals surface area contributed by atoms with Gasteiger partial charge in [0.15, 0.2) is 5.96 Å². The van der Waals surface area contributed by atoms with Crippen LogP contribution < -0.4 is 5.32 Å². The predicted octanol–water partition coefficient (Wildman–Crippen LogP) is 3.14. The second-order valence-electron chi connectivity index (χ2n) is 4.78. The van der Waals surface area contributed by atoms with Crippen LogP contribution in [0.3, 0.4) is 0 Å². The van der Waals surface area contributed by atoms with E-state index in [0.717, 1.165) is 24.5 Å². The lowest BCUT2D eigenvalue weighted by atomic mass is 10.2. The molecule has 0 aliphatic carbocycles. The summed E-state index contributed by atoms with van der Waals surface area (Å²) in [6, 6.07) is 10.7. The van der Waals surface area contributed by atoms with E-state index < -0.39 is 0 Å². The van der Waals surface area contributed by atoms with Crippen LogP contribution in [0.15, 0.2) is 46.8 Å². The molecule has 5 heteroatoms. The Morgan fingerprint density at radius 2 is 2.05 bits per heavy atom. The van der Waals surface area contributed by atoms with Crippen LogP contribution in [0.4, 0.5) is 4.39 Å². The molecule has 0 amide bonds. The van der Waals surface area contributed by atoms with E-state index in [2.05, 4.69) is 32.7 Å². The molecule has 21 heavy (non-hydrogen) atoms. The maximum Gasteiger partial charge on any atom is 0.193 e. The van der Waals surface area contributed by atoms with Crippen LogP contribution in [-0.4, -0.2) is 31.5 Å². The Bertz CT molecular complexity index is 564. The normalized spacial score (nSPS) is 11.5. The standard InChI is InChI=1S/C16H20FN3S/c1-18-16(19-12-13-5-7-14(17)8-6-13)20(2)10-9-15-4-3-11-21-15/h3-8,11H,9-10,12H2,1-2H3,(H,18,19). The van der Waals surface area contributed by atoms with Crippen molar-refractivity contribution in [2.75, 3.05) is 20.6 Å². The van der Waals surface area contributed by atoms with Crippen LogP contribution in [0.2, 0.25) is 0 Å². The van der Waals surface area contributed by atoms with E-state index in [0.29, 0.717) is 6.54 Å². The number of likely N-dealkylation sites (N-methyl/N-ethyl adjacent to an activating group) is 1. The first-order valence-electron chi connectivity index (χ1n) is 6.87. The molecule has 0 bridgehead atoms. The highest BCUT2D eigenvalue weighted by Crippen LogP contribution is 2.09. The third-order valence-electron chi connectivity index (χ3n) is 3.21. The fourth-order valence-corrected chi connectivity index (χ4v) is 2.70. The maximum absolute atomic E-state index is 12.9. The minimum atomic E-state index is -0.212. The highest BCUT2D eigenvalue weighted by molar-refractivity contribution is 7.09. The molecule has 0 saturated heterocycles. The minimum absolute atomic E-state index is 0.212. The molecule has 0 spiro atoms. The lowest BCUT2D eigenvalue weighted by Gasteiger charge is -2.21. The molecule has 1 aromatic heterocycles. The lowest BCUT2D eigenvalue weighted by molar-refractivity contribution is 0.486. The van der Waals surface area contributed by atoms with E-state index in [-0.39, 0.29) is 5.82 Å². The Morgan fingerprint density at radius 3 is 2.67 bits per heavy atom. The fourth-order valence-electron chi connectivity index (χ4n) is 2.01. The van der Waals surface area contributed by atoms with Gasteiger partial charge in [-0.2, -0.15) is 0 Å². The molecule has 2 aromatic rings. The van der Waals surface area contributed by atoms with Gasteiger partial charge in [-0.25, -0.2) is 4.39 Å². The third kappa shape index (κ3) is 4.86. The zero-order valence-corrected chi connectivity index (χ0v) is 13.2. The molecule has 0 saturated carbocycles. The van der Waals surface area contributed by atoms with Crippen molar-refractivity contribution >= 4 is 17.3 Å². The molecule has 0 radical (unpaired) electrons. The number of nitrogens with one attached hydrogen (secondary N) is 1. The number of guanidine groups is 1. The van der Waals surface area contributed by atoms with Gasteiger partial charge in [0.2, 0.25) is 0 Å². The molecular formula is C16H20FN3S. The van der Waals surface area contributed by atoms with Crippen molar-refractivity contribution < 1.29 is 4.39 Å². The molecule has 0 aliphatic heterocycles. The molecular weight excluding hydrogens is 285 g/mol. The van der Waals surface area contributed by atoms with E-state index >= 15 is 0 Å². The summed E-state index contributed by atoms with van der Waals surface area (Å²) in [6.07, 6.45) is 1.01. The zero-order valence-electron chi connectivity index (χ0n) is 12.3. The van der Waals surface area contributed by atoms with Gasteiger partial charge < -0.3 is 10.2 Å². The quantitative estimate of drug-likeness (QED) is 0.679. The molecule has 112 valence electrons. The largest absolute Gasteiger partial charge is 0.352 e. The molecule has 2 rings (SSSR count). The molecule has 1 heterocycles. The van der Waals surface area contributed by atoms with E-state index in [1.54, 1.807) is 30.5 Å². The van der Waals surface area contributed by atoms with E-state index in [1.807, 2.05) is 7.05 Å². The summed E-state index contributed by atoms with van der Waals surface area (Å²) < 4.78 is 12.9. The van der Waals surface area contributed by atoms with Gasteiger partial charge in [-0.15, -0.1) is 11.3 Å². The van der Waals surface area contributed by atoms with Gasteiger partial charge in [-0.1, -0.05) is 18.2 Å². The number of hydrogen-bond acceptors (Lipinski definition) is 2.